The molecule has 1 N–H and O–H groups in total. The normalized spacial score (nSPS) is 12.2. The zero-order chi connectivity index (χ0) is 9.84. The molecule has 0 radical (unpaired) electrons. The van der Waals surface area contributed by atoms with E-state index < -0.39 is 0 Å². The largest absolute Gasteiger partial charge is 0.343 e. The summed E-state index contributed by atoms with van der Waals surface area (Å²) in [5.74, 6) is 0.0619. The molecule has 0 aliphatic heterocycles. The first-order valence-electron chi connectivity index (χ1n) is 3.87. The van der Waals surface area contributed by atoms with E-state index in [0.29, 0.717) is 5.89 Å². The molecule has 0 aromatic carbocycles. The minimum atomic E-state index is -0.357. The van der Waals surface area contributed by atoms with Gasteiger partial charge in [0.25, 0.3) is 11.7 Å². The number of nitrogens with zero attached hydrogens (tertiary/aromatic N) is 2. The number of amides is 1. The lowest BCUT2D eigenvalue weighted by molar-refractivity contribution is 0.0933. The Hall–Kier alpha value is -1.65. The third-order valence-corrected chi connectivity index (χ3v) is 1.44. The number of nitrogens with one attached hydrogen (secondary N) is 1. The van der Waals surface area contributed by atoms with Crippen molar-refractivity contribution in [3.63, 3.8) is 0 Å². The highest BCUT2D eigenvalue weighted by molar-refractivity contribution is 5.90. The van der Waals surface area contributed by atoms with Crippen LogP contribution in [0.4, 0.5) is 0 Å². The molecule has 1 heterocycles. The van der Waals surface area contributed by atoms with Crippen molar-refractivity contribution in [3.8, 4) is 0 Å². The van der Waals surface area contributed by atoms with Crippen LogP contribution in [-0.4, -0.2) is 22.1 Å². The molecule has 1 amide bonds. The summed E-state index contributed by atoms with van der Waals surface area (Å²) in [7, 11) is 0. The molecule has 0 aliphatic rings. The summed E-state index contributed by atoms with van der Waals surface area (Å²) < 4.78 is 4.65. The van der Waals surface area contributed by atoms with Crippen molar-refractivity contribution in [1.29, 1.82) is 0 Å². The first-order valence-corrected chi connectivity index (χ1v) is 3.87. The van der Waals surface area contributed by atoms with Crippen LogP contribution in [0.2, 0.25) is 0 Å². The lowest BCUT2D eigenvalue weighted by Gasteiger charge is -2.05. The molecule has 1 rings (SSSR count). The van der Waals surface area contributed by atoms with Gasteiger partial charge in [0.05, 0.1) is 0 Å². The molecule has 0 saturated carbocycles. The summed E-state index contributed by atoms with van der Waals surface area (Å²) in [6, 6.07) is -0.105. The number of carbonyl (C=O) groups is 1. The second-order valence-electron chi connectivity index (χ2n) is 2.63. The number of rotatable bonds is 3. The standard InChI is InChI=1S/C8H11N3O2/c1-4-5(2)9-8(12)7-10-6(3)13-11-7/h4-5H,1H2,2-3H3,(H,9,12). The van der Waals surface area contributed by atoms with E-state index >= 15 is 0 Å². The van der Waals surface area contributed by atoms with Crippen LogP contribution >= 0.6 is 0 Å². The molecule has 13 heavy (non-hydrogen) atoms. The third kappa shape index (κ3) is 2.40. The Bertz CT molecular complexity index is 319. The summed E-state index contributed by atoms with van der Waals surface area (Å²) in [5, 5.41) is 6.09. The Labute approximate surface area is 75.8 Å². The number of aryl methyl sites for hydroxylation is 1. The zero-order valence-electron chi connectivity index (χ0n) is 7.57. The first-order chi connectivity index (χ1) is 6.13. The van der Waals surface area contributed by atoms with Crippen LogP contribution in [0, 0.1) is 6.92 Å². The molecular formula is C8H11N3O2. The number of hydrogen-bond donors (Lipinski definition) is 1. The predicted molar refractivity (Wildman–Crippen MR) is 46.2 cm³/mol. The molecule has 5 heteroatoms. The third-order valence-electron chi connectivity index (χ3n) is 1.44. The van der Waals surface area contributed by atoms with Crippen LogP contribution < -0.4 is 5.32 Å². The Balaban J connectivity index is 2.63. The zero-order valence-corrected chi connectivity index (χ0v) is 7.57. The van der Waals surface area contributed by atoms with Crippen LogP contribution in [0.1, 0.15) is 23.4 Å². The molecule has 0 saturated heterocycles. The van der Waals surface area contributed by atoms with Crippen LogP contribution in [0.3, 0.4) is 0 Å². The van der Waals surface area contributed by atoms with Crippen molar-refractivity contribution < 1.29 is 9.32 Å². The smallest absolute Gasteiger partial charge is 0.293 e. The van der Waals surface area contributed by atoms with Gasteiger partial charge < -0.3 is 9.84 Å². The quantitative estimate of drug-likeness (QED) is 0.696. The Morgan fingerprint density at radius 3 is 2.92 bits per heavy atom. The van der Waals surface area contributed by atoms with Crippen LogP contribution in [0.25, 0.3) is 0 Å². The number of aromatic nitrogens is 2. The molecule has 0 bridgehead atoms. The van der Waals surface area contributed by atoms with Gasteiger partial charge in [0, 0.05) is 13.0 Å². The van der Waals surface area contributed by atoms with Gasteiger partial charge in [-0.05, 0) is 6.92 Å². The van der Waals surface area contributed by atoms with E-state index in [1.807, 2.05) is 0 Å². The molecule has 70 valence electrons. The van der Waals surface area contributed by atoms with Crippen molar-refractivity contribution >= 4 is 5.91 Å². The van der Waals surface area contributed by atoms with Crippen molar-refractivity contribution in [2.24, 2.45) is 0 Å². The van der Waals surface area contributed by atoms with Crippen molar-refractivity contribution in [2.75, 3.05) is 0 Å². The average Bonchev–Trinajstić information content (AvgIpc) is 2.51. The van der Waals surface area contributed by atoms with Crippen molar-refractivity contribution in [3.05, 3.63) is 24.4 Å². The van der Waals surface area contributed by atoms with E-state index in [1.54, 1.807) is 19.9 Å². The van der Waals surface area contributed by atoms with Gasteiger partial charge in [0.1, 0.15) is 0 Å². The van der Waals surface area contributed by atoms with Gasteiger partial charge >= 0.3 is 0 Å². The summed E-state index contributed by atoms with van der Waals surface area (Å²) in [5.41, 5.74) is 0. The maximum absolute atomic E-state index is 11.3. The number of hydrogen-bond acceptors (Lipinski definition) is 4. The highest BCUT2D eigenvalue weighted by atomic mass is 16.5. The molecule has 0 spiro atoms. The topological polar surface area (TPSA) is 68.0 Å². The maximum Gasteiger partial charge on any atom is 0.293 e. The molecule has 1 atom stereocenters. The second-order valence-corrected chi connectivity index (χ2v) is 2.63. The lowest BCUT2D eigenvalue weighted by atomic mass is 10.3. The highest BCUT2D eigenvalue weighted by Crippen LogP contribution is 1.95. The molecule has 1 unspecified atom stereocenters. The van der Waals surface area contributed by atoms with E-state index in [2.05, 4.69) is 26.6 Å². The Kier molecular flexibility index (Phi) is 2.79. The molecule has 0 aliphatic carbocycles. The molecule has 1 aromatic heterocycles. The highest BCUT2D eigenvalue weighted by Gasteiger charge is 2.13. The van der Waals surface area contributed by atoms with E-state index in [9.17, 15) is 4.79 Å². The fourth-order valence-corrected chi connectivity index (χ4v) is 0.722. The minimum absolute atomic E-state index is 0.0474. The summed E-state index contributed by atoms with van der Waals surface area (Å²) in [6.45, 7) is 6.96. The SMILES string of the molecule is C=CC(C)NC(=O)c1noc(C)n1. The van der Waals surface area contributed by atoms with Gasteiger partial charge in [-0.2, -0.15) is 4.98 Å². The molecule has 0 fully saturated rings. The van der Waals surface area contributed by atoms with E-state index in [-0.39, 0.29) is 17.8 Å². The molecule has 1 aromatic rings. The second kappa shape index (κ2) is 3.84. The summed E-state index contributed by atoms with van der Waals surface area (Å²) >= 11 is 0. The molecular weight excluding hydrogens is 170 g/mol. The first kappa shape index (κ1) is 9.44. The van der Waals surface area contributed by atoms with Crippen LogP contribution in [-0.2, 0) is 0 Å². The predicted octanol–water partition coefficient (Wildman–Crippen LogP) is 0.682. The fraction of sp³-hybridized carbons (Fsp3) is 0.375. The van der Waals surface area contributed by atoms with Gasteiger partial charge in [-0.15, -0.1) is 6.58 Å². The van der Waals surface area contributed by atoms with Crippen LogP contribution in [0.5, 0.6) is 0 Å². The van der Waals surface area contributed by atoms with Gasteiger partial charge in [-0.25, -0.2) is 0 Å². The van der Waals surface area contributed by atoms with E-state index in [4.69, 9.17) is 0 Å². The van der Waals surface area contributed by atoms with Gasteiger partial charge in [0.2, 0.25) is 5.89 Å². The van der Waals surface area contributed by atoms with Crippen molar-refractivity contribution in [2.45, 2.75) is 19.9 Å². The minimum Gasteiger partial charge on any atom is -0.343 e. The van der Waals surface area contributed by atoms with Gasteiger partial charge in [-0.1, -0.05) is 11.2 Å². The monoisotopic (exact) mass is 181 g/mol. The molecule has 5 nitrogen and oxygen atoms in total. The Morgan fingerprint density at radius 1 is 1.77 bits per heavy atom. The lowest BCUT2D eigenvalue weighted by Crippen LogP contribution is -2.31. The fourth-order valence-electron chi connectivity index (χ4n) is 0.722. The maximum atomic E-state index is 11.3. The van der Waals surface area contributed by atoms with Gasteiger partial charge in [-0.3, -0.25) is 4.79 Å². The number of carbonyl (C=O) groups excluding carboxylic acids is 1. The van der Waals surface area contributed by atoms with Crippen molar-refractivity contribution in [1.82, 2.24) is 15.5 Å². The van der Waals surface area contributed by atoms with E-state index in [0.717, 1.165) is 0 Å². The van der Waals surface area contributed by atoms with Gasteiger partial charge in [0.15, 0.2) is 0 Å². The Morgan fingerprint density at radius 2 is 2.46 bits per heavy atom. The van der Waals surface area contributed by atoms with Crippen LogP contribution in [0.15, 0.2) is 17.2 Å². The van der Waals surface area contributed by atoms with E-state index in [1.165, 1.54) is 0 Å². The average molecular weight is 181 g/mol. The summed E-state index contributed by atoms with van der Waals surface area (Å²) in [6.07, 6.45) is 1.62. The summed E-state index contributed by atoms with van der Waals surface area (Å²) in [4.78, 5) is 15.1.